The highest BCUT2D eigenvalue weighted by Gasteiger charge is 2.43. The highest BCUT2D eigenvalue weighted by Crippen LogP contribution is 2.44. The average molecular weight is 449 g/mol. The van der Waals surface area contributed by atoms with E-state index in [0.29, 0.717) is 19.5 Å². The van der Waals surface area contributed by atoms with Crippen LogP contribution in [0.3, 0.4) is 0 Å². The van der Waals surface area contributed by atoms with Gasteiger partial charge in [-0.25, -0.2) is 9.59 Å². The Morgan fingerprint density at radius 2 is 1.64 bits per heavy atom. The number of nitrogens with zero attached hydrogens (tertiary/aromatic N) is 1. The van der Waals surface area contributed by atoms with E-state index in [1.54, 1.807) is 0 Å². The average Bonchev–Trinajstić information content (AvgIpc) is 3.38. The zero-order valence-corrected chi connectivity index (χ0v) is 18.4. The Bertz CT molecular complexity index is 1040. The van der Waals surface area contributed by atoms with Gasteiger partial charge in [-0.1, -0.05) is 55.0 Å². The first-order valence-electron chi connectivity index (χ1n) is 11.7. The van der Waals surface area contributed by atoms with E-state index < -0.39 is 18.1 Å². The number of ether oxygens (including phenoxy) is 1. The first-order valence-corrected chi connectivity index (χ1v) is 11.7. The normalized spacial score (nSPS) is 23.4. The second kappa shape index (κ2) is 8.89. The van der Waals surface area contributed by atoms with Gasteiger partial charge in [-0.2, -0.15) is 0 Å². The summed E-state index contributed by atoms with van der Waals surface area (Å²) in [7, 11) is 0. The van der Waals surface area contributed by atoms with E-state index in [-0.39, 0.29) is 30.3 Å². The molecule has 1 saturated carbocycles. The molecule has 1 saturated heterocycles. The number of benzene rings is 2. The second-order valence-corrected chi connectivity index (χ2v) is 9.18. The number of carbonyl (C=O) groups excluding carboxylic acids is 2. The van der Waals surface area contributed by atoms with Crippen molar-refractivity contribution in [1.82, 2.24) is 10.2 Å². The maximum atomic E-state index is 12.8. The lowest BCUT2D eigenvalue weighted by atomic mass is 9.91. The van der Waals surface area contributed by atoms with Crippen LogP contribution in [-0.4, -0.2) is 53.7 Å². The number of hydrogen-bond acceptors (Lipinski definition) is 4. The summed E-state index contributed by atoms with van der Waals surface area (Å²) < 4.78 is 5.60. The van der Waals surface area contributed by atoms with Crippen molar-refractivity contribution in [2.24, 2.45) is 11.8 Å². The molecule has 0 aromatic heterocycles. The van der Waals surface area contributed by atoms with Crippen LogP contribution >= 0.6 is 0 Å². The number of alkyl carbamates (subject to hydrolysis) is 1. The maximum Gasteiger partial charge on any atom is 0.407 e. The van der Waals surface area contributed by atoms with Gasteiger partial charge < -0.3 is 20.1 Å². The third-order valence-corrected chi connectivity index (χ3v) is 7.42. The second-order valence-electron chi connectivity index (χ2n) is 9.18. The maximum absolute atomic E-state index is 12.8. The molecule has 0 spiro atoms. The number of aliphatic carboxylic acids is 1. The molecule has 3 aliphatic rings. The number of hydrogen-bond donors (Lipinski definition) is 2. The molecule has 2 aliphatic carbocycles. The minimum atomic E-state index is -0.944. The van der Waals surface area contributed by atoms with Crippen LogP contribution < -0.4 is 5.32 Å². The van der Waals surface area contributed by atoms with Gasteiger partial charge in [-0.3, -0.25) is 4.79 Å². The molecule has 2 aromatic carbocycles. The van der Waals surface area contributed by atoms with Gasteiger partial charge in [0, 0.05) is 24.9 Å². The molecule has 0 radical (unpaired) electrons. The van der Waals surface area contributed by atoms with E-state index in [0.717, 1.165) is 30.4 Å². The summed E-state index contributed by atoms with van der Waals surface area (Å²) in [5.41, 5.74) is 4.69. The van der Waals surface area contributed by atoms with Crippen LogP contribution in [0.2, 0.25) is 0 Å². The standard InChI is InChI=1S/C26H28N2O5/c29-24(28-13-12-23(28)25(30)31)17-11-5-6-16(17)14-27-26(32)33-15-22-20-9-3-1-7-18(20)19-8-2-4-10-21(19)22/h1-4,7-10,16-17,22-23H,5-6,11-15H2,(H,27,32)(H,30,31)/t16-,17-,23?/m1/s1. The van der Waals surface area contributed by atoms with Gasteiger partial charge in [0.1, 0.15) is 12.6 Å². The highest BCUT2D eigenvalue weighted by molar-refractivity contribution is 5.87. The van der Waals surface area contributed by atoms with Gasteiger partial charge in [-0.05, 0) is 47.4 Å². The van der Waals surface area contributed by atoms with Crippen LogP contribution in [0.1, 0.15) is 42.7 Å². The third-order valence-electron chi connectivity index (χ3n) is 7.42. The lowest BCUT2D eigenvalue weighted by molar-refractivity contribution is -0.159. The van der Waals surface area contributed by atoms with Crippen LogP contribution in [0.4, 0.5) is 4.79 Å². The smallest absolute Gasteiger partial charge is 0.407 e. The van der Waals surface area contributed by atoms with Gasteiger partial charge in [0.2, 0.25) is 5.91 Å². The van der Waals surface area contributed by atoms with Gasteiger partial charge in [0.25, 0.3) is 0 Å². The Hall–Kier alpha value is -3.35. The molecule has 2 amide bonds. The van der Waals surface area contributed by atoms with Crippen LogP contribution in [0.25, 0.3) is 11.1 Å². The Morgan fingerprint density at radius 3 is 2.24 bits per heavy atom. The summed E-state index contributed by atoms with van der Waals surface area (Å²) in [6.07, 6.45) is 2.50. The fraction of sp³-hybridized carbons (Fsp3) is 0.423. The molecule has 2 N–H and O–H groups in total. The predicted octanol–water partition coefficient (Wildman–Crippen LogP) is 3.63. The minimum Gasteiger partial charge on any atom is -0.480 e. The van der Waals surface area contributed by atoms with Crippen molar-refractivity contribution in [3.05, 3.63) is 59.7 Å². The van der Waals surface area contributed by atoms with Crippen LogP contribution in [0.5, 0.6) is 0 Å². The number of amides is 2. The summed E-state index contributed by atoms with van der Waals surface area (Å²) in [6.45, 7) is 1.11. The van der Waals surface area contributed by atoms with Crippen LogP contribution in [0.15, 0.2) is 48.5 Å². The molecule has 7 heteroatoms. The Kier molecular flexibility index (Phi) is 5.79. The Labute approximate surface area is 192 Å². The number of carboxylic acids is 1. The zero-order chi connectivity index (χ0) is 22.9. The van der Waals surface area contributed by atoms with E-state index in [9.17, 15) is 19.5 Å². The van der Waals surface area contributed by atoms with Gasteiger partial charge in [0.15, 0.2) is 0 Å². The highest BCUT2D eigenvalue weighted by atomic mass is 16.5. The summed E-state index contributed by atoms with van der Waals surface area (Å²) in [4.78, 5) is 38.1. The molecule has 1 unspecified atom stereocenters. The largest absolute Gasteiger partial charge is 0.480 e. The monoisotopic (exact) mass is 448 g/mol. The van der Waals surface area contributed by atoms with Crippen molar-refractivity contribution in [2.45, 2.75) is 37.6 Å². The van der Waals surface area contributed by atoms with E-state index in [1.165, 1.54) is 16.0 Å². The molecule has 1 aliphatic heterocycles. The van der Waals surface area contributed by atoms with Crippen LogP contribution in [0, 0.1) is 11.8 Å². The summed E-state index contributed by atoms with van der Waals surface area (Å²) >= 11 is 0. The molecule has 0 bridgehead atoms. The number of nitrogens with one attached hydrogen (secondary N) is 1. The molecular weight excluding hydrogens is 420 g/mol. The van der Waals surface area contributed by atoms with Gasteiger partial charge in [0.05, 0.1) is 0 Å². The topological polar surface area (TPSA) is 95.9 Å². The van der Waals surface area contributed by atoms with Crippen molar-refractivity contribution in [1.29, 1.82) is 0 Å². The molecule has 2 fully saturated rings. The molecule has 3 atom stereocenters. The molecule has 2 aromatic rings. The zero-order valence-electron chi connectivity index (χ0n) is 18.4. The first-order chi connectivity index (χ1) is 16.0. The fourth-order valence-electron chi connectivity index (χ4n) is 5.59. The molecule has 33 heavy (non-hydrogen) atoms. The van der Waals surface area contributed by atoms with Crippen molar-refractivity contribution >= 4 is 18.0 Å². The summed E-state index contributed by atoms with van der Waals surface area (Å²) in [5, 5.41) is 12.1. The number of fused-ring (bicyclic) bond motifs is 3. The van der Waals surface area contributed by atoms with Crippen molar-refractivity contribution in [3.63, 3.8) is 0 Å². The predicted molar refractivity (Wildman–Crippen MR) is 122 cm³/mol. The Balaban J connectivity index is 1.16. The molecular formula is C26H28N2O5. The Morgan fingerprint density at radius 1 is 0.970 bits per heavy atom. The summed E-state index contributed by atoms with van der Waals surface area (Å²) in [5.74, 6) is -1.26. The number of likely N-dealkylation sites (tertiary alicyclic amines) is 1. The molecule has 7 nitrogen and oxygen atoms in total. The fourth-order valence-corrected chi connectivity index (χ4v) is 5.59. The van der Waals surface area contributed by atoms with E-state index >= 15 is 0 Å². The lowest BCUT2D eigenvalue weighted by Crippen LogP contribution is -2.57. The first kappa shape index (κ1) is 21.5. The number of carbonyl (C=O) groups is 3. The lowest BCUT2D eigenvalue weighted by Gasteiger charge is -2.40. The number of rotatable bonds is 6. The van der Waals surface area contributed by atoms with Crippen molar-refractivity contribution < 1.29 is 24.2 Å². The van der Waals surface area contributed by atoms with Crippen molar-refractivity contribution in [3.8, 4) is 11.1 Å². The molecule has 5 rings (SSSR count). The van der Waals surface area contributed by atoms with Crippen molar-refractivity contribution in [2.75, 3.05) is 19.7 Å². The van der Waals surface area contributed by atoms with Gasteiger partial charge in [-0.15, -0.1) is 0 Å². The van der Waals surface area contributed by atoms with E-state index in [4.69, 9.17) is 4.74 Å². The minimum absolute atomic E-state index is 0.00308. The number of carboxylic acid groups (broad SMARTS) is 1. The van der Waals surface area contributed by atoms with Gasteiger partial charge >= 0.3 is 12.1 Å². The SMILES string of the molecule is O=C(NC[C@H]1CCC[C@H]1C(=O)N1CCC1C(=O)O)OCC1c2ccccc2-c2ccccc21. The molecule has 1 heterocycles. The van der Waals surface area contributed by atoms with E-state index in [2.05, 4.69) is 29.6 Å². The summed E-state index contributed by atoms with van der Waals surface area (Å²) in [6, 6.07) is 15.7. The molecule has 172 valence electrons. The quantitative estimate of drug-likeness (QED) is 0.704. The van der Waals surface area contributed by atoms with Crippen LogP contribution in [-0.2, 0) is 14.3 Å². The van der Waals surface area contributed by atoms with E-state index in [1.807, 2.05) is 24.3 Å². The third kappa shape index (κ3) is 3.96.